The molecule has 0 saturated carbocycles. The first-order valence-corrected chi connectivity index (χ1v) is 7.54. The molecule has 108 valence electrons. The first-order chi connectivity index (χ1) is 8.95. The topological polar surface area (TPSA) is 38.5 Å². The summed E-state index contributed by atoms with van der Waals surface area (Å²) in [7, 11) is 1.74. The average molecular weight is 329 g/mol. The normalized spacial score (nSPS) is 12.8. The van der Waals surface area contributed by atoms with Crippen LogP contribution in [0.5, 0.6) is 0 Å². The zero-order chi connectivity index (χ0) is 14.4. The Bertz CT molecular complexity index is 394. The molecule has 1 aromatic rings. The lowest BCUT2D eigenvalue weighted by Crippen LogP contribution is -2.31. The second-order valence-corrected chi connectivity index (χ2v) is 6.18. The van der Waals surface area contributed by atoms with Gasteiger partial charge in [0.2, 0.25) is 0 Å². The van der Waals surface area contributed by atoms with Crippen molar-refractivity contribution in [1.82, 2.24) is 0 Å². The highest BCUT2D eigenvalue weighted by molar-refractivity contribution is 9.10. The quantitative estimate of drug-likeness (QED) is 0.831. The van der Waals surface area contributed by atoms with Crippen LogP contribution in [0.25, 0.3) is 0 Å². The molecular formula is C15H25BrN2O. The fraction of sp³-hybridized carbons (Fsp3) is 0.600. The predicted molar refractivity (Wildman–Crippen MR) is 85.7 cm³/mol. The van der Waals surface area contributed by atoms with E-state index >= 15 is 0 Å². The molecule has 0 radical (unpaired) electrons. The van der Waals surface area contributed by atoms with Gasteiger partial charge in [-0.2, -0.15) is 0 Å². The summed E-state index contributed by atoms with van der Waals surface area (Å²) in [6.07, 6.45) is 0. The summed E-state index contributed by atoms with van der Waals surface area (Å²) in [6, 6.07) is 6.43. The van der Waals surface area contributed by atoms with Crippen LogP contribution >= 0.6 is 15.9 Å². The molecule has 0 heterocycles. The van der Waals surface area contributed by atoms with Crippen molar-refractivity contribution in [3.63, 3.8) is 0 Å². The van der Waals surface area contributed by atoms with Crippen molar-refractivity contribution in [3.8, 4) is 0 Å². The van der Waals surface area contributed by atoms with E-state index in [4.69, 9.17) is 10.5 Å². The maximum absolute atomic E-state index is 5.94. The van der Waals surface area contributed by atoms with Crippen LogP contribution in [0.1, 0.15) is 32.4 Å². The van der Waals surface area contributed by atoms with E-state index in [-0.39, 0.29) is 6.04 Å². The van der Waals surface area contributed by atoms with Gasteiger partial charge in [-0.25, -0.2) is 0 Å². The zero-order valence-corrected chi connectivity index (χ0v) is 13.9. The van der Waals surface area contributed by atoms with Gasteiger partial charge in [-0.1, -0.05) is 35.8 Å². The van der Waals surface area contributed by atoms with Crippen molar-refractivity contribution >= 4 is 21.6 Å². The van der Waals surface area contributed by atoms with Crippen LogP contribution in [0.4, 0.5) is 5.69 Å². The molecule has 0 aromatic heterocycles. The maximum Gasteiger partial charge on any atom is 0.0637 e. The number of methoxy groups -OCH3 is 1. The third-order valence-electron chi connectivity index (χ3n) is 2.99. The summed E-state index contributed by atoms with van der Waals surface area (Å²) in [5.41, 5.74) is 8.29. The number of anilines is 1. The Kier molecular flexibility index (Phi) is 6.83. The lowest BCUT2D eigenvalue weighted by atomic mass is 10.1. The molecule has 1 rings (SSSR count). The lowest BCUT2D eigenvalue weighted by Gasteiger charge is -2.27. The minimum absolute atomic E-state index is 0.0425. The van der Waals surface area contributed by atoms with Crippen LogP contribution in [0.2, 0.25) is 0 Å². The van der Waals surface area contributed by atoms with E-state index in [0.29, 0.717) is 5.92 Å². The van der Waals surface area contributed by atoms with Gasteiger partial charge in [-0.15, -0.1) is 0 Å². The molecule has 0 aliphatic carbocycles. The molecule has 2 N–H and O–H groups in total. The largest absolute Gasteiger partial charge is 0.383 e. The summed E-state index contributed by atoms with van der Waals surface area (Å²) >= 11 is 3.61. The Hall–Kier alpha value is -0.580. The molecule has 0 saturated heterocycles. The SMILES string of the molecule is COCCN(CC(C)C)c1ccc([C@@H](C)N)c(Br)c1. The third kappa shape index (κ3) is 5.13. The highest BCUT2D eigenvalue weighted by Crippen LogP contribution is 2.27. The van der Waals surface area contributed by atoms with Crippen LogP contribution < -0.4 is 10.6 Å². The van der Waals surface area contributed by atoms with Crippen molar-refractivity contribution in [2.24, 2.45) is 11.7 Å². The molecule has 3 nitrogen and oxygen atoms in total. The molecular weight excluding hydrogens is 304 g/mol. The first-order valence-electron chi connectivity index (χ1n) is 6.74. The Morgan fingerprint density at radius 3 is 2.47 bits per heavy atom. The standard InChI is InChI=1S/C15H25BrN2O/c1-11(2)10-18(7-8-19-4)13-5-6-14(12(3)17)15(16)9-13/h5-6,9,11-12H,7-8,10,17H2,1-4H3/t12-/m1/s1. The minimum atomic E-state index is 0.0425. The van der Waals surface area contributed by atoms with E-state index in [2.05, 4.69) is 52.9 Å². The number of nitrogens with zero attached hydrogens (tertiary/aromatic N) is 1. The number of halogens is 1. The Balaban J connectivity index is 2.92. The molecule has 0 unspecified atom stereocenters. The number of rotatable bonds is 7. The fourth-order valence-corrected chi connectivity index (χ4v) is 2.78. The average Bonchev–Trinajstić information content (AvgIpc) is 2.33. The molecule has 0 spiro atoms. The second-order valence-electron chi connectivity index (χ2n) is 5.33. The zero-order valence-electron chi connectivity index (χ0n) is 12.3. The summed E-state index contributed by atoms with van der Waals surface area (Å²) in [5.74, 6) is 0.615. The smallest absolute Gasteiger partial charge is 0.0637 e. The van der Waals surface area contributed by atoms with E-state index in [1.54, 1.807) is 7.11 Å². The van der Waals surface area contributed by atoms with Gasteiger partial charge in [0.05, 0.1) is 6.61 Å². The Morgan fingerprint density at radius 1 is 1.32 bits per heavy atom. The van der Waals surface area contributed by atoms with Crippen molar-refractivity contribution in [3.05, 3.63) is 28.2 Å². The van der Waals surface area contributed by atoms with E-state index in [1.807, 2.05) is 6.92 Å². The monoisotopic (exact) mass is 328 g/mol. The van der Waals surface area contributed by atoms with E-state index in [9.17, 15) is 0 Å². The Morgan fingerprint density at radius 2 is 2.00 bits per heavy atom. The van der Waals surface area contributed by atoms with Crippen molar-refractivity contribution in [2.75, 3.05) is 31.7 Å². The van der Waals surface area contributed by atoms with Gasteiger partial charge in [0.1, 0.15) is 0 Å². The third-order valence-corrected chi connectivity index (χ3v) is 3.68. The van der Waals surface area contributed by atoms with E-state index in [1.165, 1.54) is 5.69 Å². The number of ether oxygens (including phenoxy) is 1. The Labute approximate surface area is 125 Å². The molecule has 0 aliphatic heterocycles. The van der Waals surface area contributed by atoms with Gasteiger partial charge in [-0.05, 0) is 30.5 Å². The highest BCUT2D eigenvalue weighted by Gasteiger charge is 2.11. The minimum Gasteiger partial charge on any atom is -0.383 e. The van der Waals surface area contributed by atoms with Gasteiger partial charge < -0.3 is 15.4 Å². The molecule has 1 aromatic carbocycles. The van der Waals surface area contributed by atoms with Gasteiger partial charge in [0.15, 0.2) is 0 Å². The predicted octanol–water partition coefficient (Wildman–Crippen LogP) is 3.58. The molecule has 19 heavy (non-hydrogen) atoms. The molecule has 4 heteroatoms. The van der Waals surface area contributed by atoms with Crippen molar-refractivity contribution in [2.45, 2.75) is 26.8 Å². The fourth-order valence-electron chi connectivity index (χ4n) is 2.05. The highest BCUT2D eigenvalue weighted by atomic mass is 79.9. The molecule has 0 amide bonds. The summed E-state index contributed by atoms with van der Waals surface area (Å²) in [4.78, 5) is 2.35. The number of hydrogen-bond acceptors (Lipinski definition) is 3. The van der Waals surface area contributed by atoms with Crippen LogP contribution in [-0.4, -0.2) is 26.8 Å². The molecule has 0 aliphatic rings. The van der Waals surface area contributed by atoms with Crippen LogP contribution in [0.15, 0.2) is 22.7 Å². The van der Waals surface area contributed by atoms with Gasteiger partial charge in [0, 0.05) is 36.4 Å². The lowest BCUT2D eigenvalue weighted by molar-refractivity contribution is 0.204. The molecule has 0 bridgehead atoms. The van der Waals surface area contributed by atoms with Crippen molar-refractivity contribution < 1.29 is 4.74 Å². The van der Waals surface area contributed by atoms with Crippen LogP contribution in [-0.2, 0) is 4.74 Å². The first kappa shape index (κ1) is 16.5. The summed E-state index contributed by atoms with van der Waals surface area (Å²) < 4.78 is 6.27. The van der Waals surface area contributed by atoms with E-state index < -0.39 is 0 Å². The molecule has 1 atom stereocenters. The number of nitrogens with two attached hydrogens (primary N) is 1. The number of hydrogen-bond donors (Lipinski definition) is 1. The van der Waals surface area contributed by atoms with Gasteiger partial charge >= 0.3 is 0 Å². The van der Waals surface area contributed by atoms with Crippen molar-refractivity contribution in [1.29, 1.82) is 0 Å². The van der Waals surface area contributed by atoms with Gasteiger partial charge in [0.25, 0.3) is 0 Å². The summed E-state index contributed by atoms with van der Waals surface area (Å²) in [5, 5.41) is 0. The molecule has 0 fully saturated rings. The van der Waals surface area contributed by atoms with E-state index in [0.717, 1.165) is 29.7 Å². The van der Waals surface area contributed by atoms with Crippen LogP contribution in [0, 0.1) is 5.92 Å². The number of benzene rings is 1. The van der Waals surface area contributed by atoms with Crippen LogP contribution in [0.3, 0.4) is 0 Å². The second kappa shape index (κ2) is 7.88. The van der Waals surface area contributed by atoms with Gasteiger partial charge in [-0.3, -0.25) is 0 Å². The summed E-state index contributed by atoms with van der Waals surface area (Å²) in [6.45, 7) is 9.11. The maximum atomic E-state index is 5.94.